The van der Waals surface area contributed by atoms with Gasteiger partial charge < -0.3 is 9.47 Å². The minimum absolute atomic E-state index is 0.255. The van der Waals surface area contributed by atoms with E-state index < -0.39 is 5.60 Å². The van der Waals surface area contributed by atoms with E-state index in [1.54, 1.807) is 0 Å². The van der Waals surface area contributed by atoms with Gasteiger partial charge >= 0.3 is 5.97 Å². The van der Waals surface area contributed by atoms with E-state index in [4.69, 9.17) is 9.47 Å². The van der Waals surface area contributed by atoms with Crippen molar-refractivity contribution in [3.63, 3.8) is 0 Å². The third kappa shape index (κ3) is 2.46. The Balaban J connectivity index is 1.99. The van der Waals surface area contributed by atoms with Crippen molar-refractivity contribution < 1.29 is 14.3 Å². The number of fused-ring (bicyclic) bond motifs is 1. The third-order valence-electron chi connectivity index (χ3n) is 3.92. The number of ether oxygens (including phenoxy) is 2. The van der Waals surface area contributed by atoms with Crippen LogP contribution in [-0.4, -0.2) is 23.2 Å². The predicted molar refractivity (Wildman–Crippen MR) is 80.3 cm³/mol. The molecule has 4 heteroatoms. The van der Waals surface area contributed by atoms with Gasteiger partial charge in [0.25, 0.3) is 0 Å². The molecule has 1 aromatic carbocycles. The summed E-state index contributed by atoms with van der Waals surface area (Å²) in [4.78, 5) is 16.7. The third-order valence-corrected chi connectivity index (χ3v) is 3.92. The van der Waals surface area contributed by atoms with Crippen molar-refractivity contribution in [2.45, 2.75) is 38.7 Å². The number of carbonyl (C=O) groups is 1. The Kier molecular flexibility index (Phi) is 3.53. The summed E-state index contributed by atoms with van der Waals surface area (Å²) in [5.41, 5.74) is 0.944. The van der Waals surface area contributed by atoms with Crippen molar-refractivity contribution in [2.75, 3.05) is 6.61 Å². The van der Waals surface area contributed by atoms with E-state index in [0.29, 0.717) is 25.2 Å². The van der Waals surface area contributed by atoms with E-state index in [9.17, 15) is 4.79 Å². The quantitative estimate of drug-likeness (QED) is 0.808. The van der Waals surface area contributed by atoms with Crippen LogP contribution in [0.4, 0.5) is 0 Å². The highest BCUT2D eigenvalue weighted by Gasteiger charge is 2.48. The van der Waals surface area contributed by atoms with Crippen LogP contribution in [0.2, 0.25) is 0 Å². The number of para-hydroxylation sites is 1. The molecule has 1 aliphatic carbocycles. The maximum absolute atomic E-state index is 12.2. The number of aryl methyl sites for hydroxylation is 1. The summed E-state index contributed by atoms with van der Waals surface area (Å²) in [6, 6.07) is 9.70. The fourth-order valence-corrected chi connectivity index (χ4v) is 2.67. The van der Waals surface area contributed by atoms with Crippen LogP contribution < -0.4 is 4.74 Å². The number of aromatic nitrogens is 1. The molecule has 2 aromatic rings. The Morgan fingerprint density at radius 3 is 2.76 bits per heavy atom. The fourth-order valence-electron chi connectivity index (χ4n) is 2.67. The highest BCUT2D eigenvalue weighted by Crippen LogP contribution is 2.39. The first-order chi connectivity index (χ1) is 10.1. The first kappa shape index (κ1) is 13.9. The van der Waals surface area contributed by atoms with Gasteiger partial charge in [0.05, 0.1) is 12.1 Å². The summed E-state index contributed by atoms with van der Waals surface area (Å²) in [6.45, 7) is 4.12. The molecule has 1 aromatic heterocycles. The first-order valence-electron chi connectivity index (χ1n) is 7.37. The lowest BCUT2D eigenvalue weighted by molar-refractivity contribution is -0.169. The summed E-state index contributed by atoms with van der Waals surface area (Å²) >= 11 is 0. The number of benzene rings is 1. The zero-order chi connectivity index (χ0) is 14.9. The Bertz CT molecular complexity index is 677. The Morgan fingerprint density at radius 2 is 2.10 bits per heavy atom. The van der Waals surface area contributed by atoms with Crippen LogP contribution in [0, 0.1) is 6.92 Å². The van der Waals surface area contributed by atoms with E-state index in [2.05, 4.69) is 4.98 Å². The summed E-state index contributed by atoms with van der Waals surface area (Å²) < 4.78 is 11.3. The maximum atomic E-state index is 12.2. The molecule has 3 rings (SSSR count). The summed E-state index contributed by atoms with van der Waals surface area (Å²) in [6.07, 6.45) is 2.41. The van der Waals surface area contributed by atoms with E-state index in [0.717, 1.165) is 23.0 Å². The fraction of sp³-hybridized carbons (Fsp3) is 0.412. The average Bonchev–Trinajstić information content (AvgIpc) is 2.42. The van der Waals surface area contributed by atoms with Gasteiger partial charge in [-0.2, -0.15) is 0 Å². The molecule has 1 heterocycles. The first-order valence-corrected chi connectivity index (χ1v) is 7.37. The van der Waals surface area contributed by atoms with Gasteiger partial charge in [-0.15, -0.1) is 0 Å². The number of carbonyl (C=O) groups excluding carboxylic acids is 1. The van der Waals surface area contributed by atoms with Crippen molar-refractivity contribution in [3.8, 4) is 5.75 Å². The van der Waals surface area contributed by atoms with Crippen LogP contribution in [0.15, 0.2) is 30.3 Å². The molecule has 0 N–H and O–H groups in total. The number of hydrogen-bond acceptors (Lipinski definition) is 4. The highest BCUT2D eigenvalue weighted by molar-refractivity contribution is 5.87. The summed E-state index contributed by atoms with van der Waals surface area (Å²) in [5, 5.41) is 0.929. The Hall–Kier alpha value is -2.10. The van der Waals surface area contributed by atoms with Gasteiger partial charge in [-0.1, -0.05) is 12.1 Å². The van der Waals surface area contributed by atoms with Gasteiger partial charge in [0.1, 0.15) is 5.75 Å². The Morgan fingerprint density at radius 1 is 1.33 bits per heavy atom. The lowest BCUT2D eigenvalue weighted by atomic mass is 9.80. The lowest BCUT2D eigenvalue weighted by Crippen LogP contribution is -2.51. The number of esters is 1. The van der Waals surface area contributed by atoms with Gasteiger partial charge in [-0.05, 0) is 45.2 Å². The smallest absolute Gasteiger partial charge is 0.350 e. The number of nitrogens with zero attached hydrogens (tertiary/aromatic N) is 1. The summed E-state index contributed by atoms with van der Waals surface area (Å²) in [5.74, 6) is 0.459. The zero-order valence-electron chi connectivity index (χ0n) is 12.4. The van der Waals surface area contributed by atoms with E-state index in [1.807, 2.05) is 44.2 Å². The molecule has 0 spiro atoms. The molecule has 0 radical (unpaired) electrons. The molecular weight excluding hydrogens is 266 g/mol. The average molecular weight is 285 g/mol. The predicted octanol–water partition coefficient (Wildman–Crippen LogP) is 3.41. The van der Waals surface area contributed by atoms with Crippen molar-refractivity contribution in [2.24, 2.45) is 0 Å². The number of pyridine rings is 1. The molecule has 0 amide bonds. The molecule has 21 heavy (non-hydrogen) atoms. The van der Waals surface area contributed by atoms with Crippen LogP contribution in [0.1, 0.15) is 31.9 Å². The molecule has 4 nitrogen and oxygen atoms in total. The molecular formula is C17H19NO3. The monoisotopic (exact) mass is 285 g/mol. The molecule has 0 bridgehead atoms. The van der Waals surface area contributed by atoms with E-state index in [1.165, 1.54) is 0 Å². The molecule has 0 atom stereocenters. The molecule has 1 fully saturated rings. The highest BCUT2D eigenvalue weighted by atomic mass is 16.6. The van der Waals surface area contributed by atoms with Crippen LogP contribution in [0.5, 0.6) is 5.75 Å². The van der Waals surface area contributed by atoms with Crippen LogP contribution in [0.3, 0.4) is 0 Å². The molecule has 0 aliphatic heterocycles. The SMILES string of the molecule is CCOC(=O)C1(Oc2cc(C)nc3ccccc23)CCC1. The second-order valence-electron chi connectivity index (χ2n) is 5.45. The zero-order valence-corrected chi connectivity index (χ0v) is 12.4. The molecule has 1 saturated carbocycles. The van der Waals surface area contributed by atoms with Gasteiger partial charge in [0.15, 0.2) is 0 Å². The largest absolute Gasteiger partial charge is 0.475 e. The molecule has 1 aliphatic rings. The van der Waals surface area contributed by atoms with Crippen molar-refractivity contribution in [3.05, 3.63) is 36.0 Å². The topological polar surface area (TPSA) is 48.4 Å². The standard InChI is InChI=1S/C17H19NO3/c1-3-20-16(19)17(9-6-10-17)21-15-11-12(2)18-14-8-5-4-7-13(14)15/h4-5,7-8,11H,3,6,9-10H2,1-2H3. The van der Waals surface area contributed by atoms with Crippen LogP contribution in [-0.2, 0) is 9.53 Å². The van der Waals surface area contributed by atoms with E-state index in [-0.39, 0.29) is 5.97 Å². The van der Waals surface area contributed by atoms with Crippen molar-refractivity contribution in [1.29, 1.82) is 0 Å². The second-order valence-corrected chi connectivity index (χ2v) is 5.45. The molecule has 110 valence electrons. The second kappa shape index (κ2) is 5.35. The minimum Gasteiger partial charge on any atom is -0.475 e. The summed E-state index contributed by atoms with van der Waals surface area (Å²) in [7, 11) is 0. The molecule has 0 unspecified atom stereocenters. The number of hydrogen-bond donors (Lipinski definition) is 0. The van der Waals surface area contributed by atoms with Crippen LogP contribution in [0.25, 0.3) is 10.9 Å². The van der Waals surface area contributed by atoms with Gasteiger partial charge in [-0.25, -0.2) is 4.79 Å². The van der Waals surface area contributed by atoms with Crippen molar-refractivity contribution >= 4 is 16.9 Å². The number of rotatable bonds is 4. The van der Waals surface area contributed by atoms with Gasteiger partial charge in [0.2, 0.25) is 5.60 Å². The lowest BCUT2D eigenvalue weighted by Gasteiger charge is -2.39. The normalized spacial score (nSPS) is 16.3. The van der Waals surface area contributed by atoms with Crippen molar-refractivity contribution in [1.82, 2.24) is 4.98 Å². The Labute approximate surface area is 124 Å². The van der Waals surface area contributed by atoms with E-state index >= 15 is 0 Å². The van der Waals surface area contributed by atoms with Crippen LogP contribution >= 0.6 is 0 Å². The van der Waals surface area contributed by atoms with Gasteiger partial charge in [0, 0.05) is 17.1 Å². The molecule has 0 saturated heterocycles. The van der Waals surface area contributed by atoms with Gasteiger partial charge in [-0.3, -0.25) is 4.98 Å². The maximum Gasteiger partial charge on any atom is 0.350 e. The minimum atomic E-state index is -0.813.